The van der Waals surface area contributed by atoms with E-state index in [4.69, 9.17) is 18.9 Å². The van der Waals surface area contributed by atoms with Crippen molar-refractivity contribution in [1.29, 1.82) is 0 Å². The summed E-state index contributed by atoms with van der Waals surface area (Å²) in [5.41, 5.74) is 2.14. The van der Waals surface area contributed by atoms with Crippen LogP contribution in [0.2, 0.25) is 0 Å². The highest BCUT2D eigenvalue weighted by Crippen LogP contribution is 2.36. The molecule has 0 aromatic heterocycles. The van der Waals surface area contributed by atoms with E-state index in [1.54, 1.807) is 12.1 Å². The number of benzene rings is 3. The van der Waals surface area contributed by atoms with Gasteiger partial charge in [-0.05, 0) is 23.3 Å². The molecule has 0 saturated heterocycles. The molecule has 0 fully saturated rings. The molecule has 5 heteroatoms. The van der Waals surface area contributed by atoms with Crippen molar-refractivity contribution >= 4 is 0 Å². The minimum atomic E-state index is -0.473. The van der Waals surface area contributed by atoms with E-state index >= 15 is 0 Å². The lowest BCUT2D eigenvalue weighted by molar-refractivity contribution is -0.0731. The van der Waals surface area contributed by atoms with Crippen LogP contribution in [0.5, 0.6) is 11.5 Å². The van der Waals surface area contributed by atoms with E-state index in [2.05, 4.69) is 0 Å². The highest BCUT2D eigenvalue weighted by molar-refractivity contribution is 5.42. The van der Waals surface area contributed by atoms with Crippen molar-refractivity contribution in [1.82, 2.24) is 0 Å². The minimum absolute atomic E-state index is 0.125. The first-order valence-electron chi connectivity index (χ1n) is 9.65. The zero-order chi connectivity index (χ0) is 19.9. The molecule has 1 heterocycles. The Morgan fingerprint density at radius 1 is 0.655 bits per heavy atom. The summed E-state index contributed by atoms with van der Waals surface area (Å²) in [5, 5.41) is 0. The van der Waals surface area contributed by atoms with E-state index in [0.717, 1.165) is 11.1 Å². The summed E-state index contributed by atoms with van der Waals surface area (Å²) in [4.78, 5) is 0. The second-order valence-corrected chi connectivity index (χ2v) is 6.88. The topological polar surface area (TPSA) is 36.9 Å². The Kier molecular flexibility index (Phi) is 6.39. The maximum absolute atomic E-state index is 14.2. The Hall–Kier alpha value is -2.89. The maximum atomic E-state index is 14.2. The van der Waals surface area contributed by atoms with Crippen LogP contribution in [0.4, 0.5) is 4.39 Å². The molecule has 0 saturated carbocycles. The van der Waals surface area contributed by atoms with Crippen molar-refractivity contribution in [2.45, 2.75) is 25.4 Å². The van der Waals surface area contributed by atoms with Crippen LogP contribution in [-0.2, 0) is 22.7 Å². The Morgan fingerprint density at radius 3 is 1.79 bits per heavy atom. The van der Waals surface area contributed by atoms with E-state index in [9.17, 15) is 4.39 Å². The first-order valence-corrected chi connectivity index (χ1v) is 9.65. The Bertz CT molecular complexity index is 901. The second kappa shape index (κ2) is 9.54. The molecule has 29 heavy (non-hydrogen) atoms. The van der Waals surface area contributed by atoms with Gasteiger partial charge in [0.05, 0.1) is 26.4 Å². The van der Waals surface area contributed by atoms with Crippen molar-refractivity contribution in [3.63, 3.8) is 0 Å². The van der Waals surface area contributed by atoms with Crippen LogP contribution in [0.1, 0.15) is 11.1 Å². The minimum Gasteiger partial charge on any atom is -0.480 e. The van der Waals surface area contributed by atoms with E-state index in [0.29, 0.717) is 25.6 Å². The lowest BCUT2D eigenvalue weighted by atomic mass is 10.1. The summed E-state index contributed by atoms with van der Waals surface area (Å²) < 4.78 is 37.7. The summed E-state index contributed by atoms with van der Waals surface area (Å²) in [5.74, 6) is 0.0666. The normalized spacial score (nSPS) is 17.8. The summed E-state index contributed by atoms with van der Waals surface area (Å²) in [6.45, 7) is 1.49. The lowest BCUT2D eigenvalue weighted by Crippen LogP contribution is -2.46. The molecule has 3 aromatic rings. The molecule has 0 bridgehead atoms. The molecule has 150 valence electrons. The number of ether oxygens (including phenoxy) is 4. The summed E-state index contributed by atoms with van der Waals surface area (Å²) in [6, 6.07) is 24.4. The van der Waals surface area contributed by atoms with Gasteiger partial charge in [-0.1, -0.05) is 66.7 Å². The zero-order valence-electron chi connectivity index (χ0n) is 16.0. The Labute approximate surface area is 169 Å². The molecule has 0 radical (unpaired) electrons. The fourth-order valence-electron chi connectivity index (χ4n) is 3.18. The van der Waals surface area contributed by atoms with Gasteiger partial charge in [0.25, 0.3) is 0 Å². The summed E-state index contributed by atoms with van der Waals surface area (Å²) >= 11 is 0. The van der Waals surface area contributed by atoms with Gasteiger partial charge in [0.15, 0.2) is 29.5 Å². The lowest BCUT2D eigenvalue weighted by Gasteiger charge is -2.33. The molecular weight excluding hydrogens is 371 g/mol. The Balaban J connectivity index is 1.39. The predicted octanol–water partition coefficient (Wildman–Crippen LogP) is 4.77. The Morgan fingerprint density at radius 2 is 1.21 bits per heavy atom. The standard InChI is InChI=1S/C24H23FO4/c25-20-12-7-13-21-24(20)29-23(17-27-15-19-10-5-2-6-11-19)22(28-21)16-26-14-18-8-3-1-4-9-18/h1-13,22-23H,14-17H2. The molecule has 0 spiro atoms. The molecule has 0 aliphatic carbocycles. The predicted molar refractivity (Wildman–Crippen MR) is 107 cm³/mol. The van der Waals surface area contributed by atoms with Gasteiger partial charge in [0.2, 0.25) is 0 Å². The molecule has 4 rings (SSSR count). The molecule has 1 aliphatic rings. The van der Waals surface area contributed by atoms with Crippen LogP contribution >= 0.6 is 0 Å². The largest absolute Gasteiger partial charge is 0.480 e. The third-order valence-electron chi connectivity index (χ3n) is 4.68. The fraction of sp³-hybridized carbons (Fsp3) is 0.250. The third-order valence-corrected chi connectivity index (χ3v) is 4.68. The highest BCUT2D eigenvalue weighted by atomic mass is 19.1. The second-order valence-electron chi connectivity index (χ2n) is 6.88. The van der Waals surface area contributed by atoms with Gasteiger partial charge in [-0.25, -0.2) is 4.39 Å². The maximum Gasteiger partial charge on any atom is 0.197 e. The smallest absolute Gasteiger partial charge is 0.197 e. The van der Waals surface area contributed by atoms with Crippen LogP contribution in [0.25, 0.3) is 0 Å². The van der Waals surface area contributed by atoms with E-state index in [1.165, 1.54) is 6.07 Å². The molecule has 1 aliphatic heterocycles. The number of hydrogen-bond donors (Lipinski definition) is 0. The first kappa shape index (κ1) is 19.4. The van der Waals surface area contributed by atoms with Gasteiger partial charge in [0, 0.05) is 0 Å². The van der Waals surface area contributed by atoms with Crippen molar-refractivity contribution in [2.75, 3.05) is 13.2 Å². The van der Waals surface area contributed by atoms with Crippen LogP contribution in [-0.4, -0.2) is 25.4 Å². The van der Waals surface area contributed by atoms with Crippen molar-refractivity contribution in [3.05, 3.63) is 95.8 Å². The first-order chi connectivity index (χ1) is 14.3. The number of halogens is 1. The average Bonchev–Trinajstić information content (AvgIpc) is 2.76. The molecule has 0 amide bonds. The highest BCUT2D eigenvalue weighted by Gasteiger charge is 2.33. The number of fused-ring (bicyclic) bond motifs is 1. The SMILES string of the molecule is Fc1cccc2c1OC(COCc1ccccc1)C(COCc1ccccc1)O2. The van der Waals surface area contributed by atoms with Gasteiger partial charge in [-0.15, -0.1) is 0 Å². The van der Waals surface area contributed by atoms with E-state index in [-0.39, 0.29) is 12.4 Å². The van der Waals surface area contributed by atoms with E-state index < -0.39 is 18.0 Å². The van der Waals surface area contributed by atoms with E-state index in [1.807, 2.05) is 60.7 Å². The zero-order valence-corrected chi connectivity index (χ0v) is 16.0. The van der Waals surface area contributed by atoms with Crippen LogP contribution in [0.3, 0.4) is 0 Å². The van der Waals surface area contributed by atoms with Crippen molar-refractivity contribution in [3.8, 4) is 11.5 Å². The van der Waals surface area contributed by atoms with Crippen molar-refractivity contribution in [2.24, 2.45) is 0 Å². The van der Waals surface area contributed by atoms with Gasteiger partial charge in [0.1, 0.15) is 0 Å². The van der Waals surface area contributed by atoms with Gasteiger partial charge in [-0.3, -0.25) is 0 Å². The van der Waals surface area contributed by atoms with Crippen LogP contribution in [0.15, 0.2) is 78.9 Å². The quantitative estimate of drug-likeness (QED) is 0.552. The third kappa shape index (κ3) is 5.13. The monoisotopic (exact) mass is 394 g/mol. The molecule has 3 aromatic carbocycles. The number of hydrogen-bond acceptors (Lipinski definition) is 4. The van der Waals surface area contributed by atoms with Gasteiger partial charge < -0.3 is 18.9 Å². The van der Waals surface area contributed by atoms with Gasteiger partial charge >= 0.3 is 0 Å². The van der Waals surface area contributed by atoms with Gasteiger partial charge in [-0.2, -0.15) is 0 Å². The molecule has 4 nitrogen and oxygen atoms in total. The molecule has 2 atom stereocenters. The fourth-order valence-corrected chi connectivity index (χ4v) is 3.18. The molecule has 2 unspecified atom stereocenters. The average molecular weight is 394 g/mol. The van der Waals surface area contributed by atoms with Crippen LogP contribution < -0.4 is 9.47 Å². The summed E-state index contributed by atoms with van der Waals surface area (Å²) in [6.07, 6.45) is -0.873. The summed E-state index contributed by atoms with van der Waals surface area (Å²) in [7, 11) is 0. The number of rotatable bonds is 8. The van der Waals surface area contributed by atoms with Crippen LogP contribution in [0, 0.1) is 5.82 Å². The molecule has 0 N–H and O–H groups in total. The number of para-hydroxylation sites is 1. The molecular formula is C24H23FO4. The van der Waals surface area contributed by atoms with Crippen molar-refractivity contribution < 1.29 is 23.3 Å².